The van der Waals surface area contributed by atoms with Crippen LogP contribution in [0.2, 0.25) is 0 Å². The Labute approximate surface area is 116 Å². The summed E-state index contributed by atoms with van der Waals surface area (Å²) in [6.07, 6.45) is 10.3. The number of aromatic amines is 1. The predicted octanol–water partition coefficient (Wildman–Crippen LogP) is 3.08. The van der Waals surface area contributed by atoms with Gasteiger partial charge in [-0.2, -0.15) is 0 Å². The van der Waals surface area contributed by atoms with Gasteiger partial charge in [-0.1, -0.05) is 0 Å². The molecule has 1 fully saturated rings. The first kappa shape index (κ1) is 10.4. The zero-order valence-corrected chi connectivity index (χ0v) is 11.0. The number of rotatable bonds is 1. The molecule has 0 radical (unpaired) electrons. The van der Waals surface area contributed by atoms with Crippen molar-refractivity contribution in [1.29, 1.82) is 0 Å². The number of aromatic nitrogens is 3. The van der Waals surface area contributed by atoms with Gasteiger partial charge in [0.25, 0.3) is 0 Å². The second kappa shape index (κ2) is 3.39. The third-order valence-electron chi connectivity index (χ3n) is 4.70. The molecule has 5 rings (SSSR count). The number of nitrogens with one attached hydrogen (secondary N) is 2. The highest BCUT2D eigenvalue weighted by atomic mass is 15.0. The highest BCUT2D eigenvalue weighted by molar-refractivity contribution is 5.95. The van der Waals surface area contributed by atoms with Crippen molar-refractivity contribution in [3.63, 3.8) is 0 Å². The van der Waals surface area contributed by atoms with Gasteiger partial charge in [0.05, 0.1) is 11.7 Å². The Kier molecular flexibility index (Phi) is 1.77. The number of hydrogen-bond donors (Lipinski definition) is 2. The number of nitrogens with zero attached hydrogens (tertiary/aromatic N) is 2. The summed E-state index contributed by atoms with van der Waals surface area (Å²) >= 11 is 0. The van der Waals surface area contributed by atoms with Crippen LogP contribution in [0.15, 0.2) is 36.9 Å². The molecule has 2 N–H and O–H groups in total. The Hall–Kier alpha value is -2.36. The van der Waals surface area contributed by atoms with Gasteiger partial charge in [-0.3, -0.25) is 4.98 Å². The van der Waals surface area contributed by atoms with Gasteiger partial charge in [-0.25, -0.2) is 4.98 Å². The van der Waals surface area contributed by atoms with Crippen LogP contribution >= 0.6 is 0 Å². The Balaban J connectivity index is 1.72. The molecule has 3 aromatic heterocycles. The van der Waals surface area contributed by atoms with Gasteiger partial charge in [0.2, 0.25) is 0 Å². The molecule has 98 valence electrons. The predicted molar refractivity (Wildman–Crippen MR) is 78.7 cm³/mol. The molecular weight excluding hydrogens is 248 g/mol. The van der Waals surface area contributed by atoms with Crippen molar-refractivity contribution in [2.75, 3.05) is 11.9 Å². The quantitative estimate of drug-likeness (QED) is 0.708. The summed E-state index contributed by atoms with van der Waals surface area (Å²) in [7, 11) is 0. The fourth-order valence-electron chi connectivity index (χ4n) is 3.31. The fourth-order valence-corrected chi connectivity index (χ4v) is 3.31. The Morgan fingerprint density at radius 2 is 2.15 bits per heavy atom. The maximum atomic E-state index is 4.62. The molecule has 0 amide bonds. The summed E-state index contributed by atoms with van der Waals surface area (Å²) in [4.78, 5) is 12.1. The van der Waals surface area contributed by atoms with E-state index in [2.05, 4.69) is 38.6 Å². The van der Waals surface area contributed by atoms with Crippen molar-refractivity contribution in [3.8, 4) is 11.1 Å². The van der Waals surface area contributed by atoms with E-state index in [9.17, 15) is 0 Å². The van der Waals surface area contributed by atoms with E-state index in [1.807, 2.05) is 18.6 Å². The third-order valence-corrected chi connectivity index (χ3v) is 4.70. The number of H-pyrrole nitrogens is 1. The molecule has 4 heteroatoms. The molecule has 4 heterocycles. The number of hydrogen-bond acceptors (Lipinski definition) is 3. The third kappa shape index (κ3) is 1.26. The standard InChI is InChI=1S/C16H14N4/c1-4-17-8-14-11(1)12(7-18-14)10-5-13-15(19-6-10)20-9-16(13)2-3-16/h1,4-8,18H,2-3,9H2,(H,19,20). The van der Waals surface area contributed by atoms with Crippen molar-refractivity contribution < 1.29 is 0 Å². The molecular formula is C16H14N4. The van der Waals surface area contributed by atoms with Gasteiger partial charge in [0, 0.05) is 52.6 Å². The van der Waals surface area contributed by atoms with E-state index in [1.165, 1.54) is 34.9 Å². The number of fused-ring (bicyclic) bond motifs is 3. The zero-order valence-electron chi connectivity index (χ0n) is 11.0. The van der Waals surface area contributed by atoms with Crippen LogP contribution in [0.1, 0.15) is 18.4 Å². The van der Waals surface area contributed by atoms with Crippen LogP contribution in [-0.4, -0.2) is 21.5 Å². The van der Waals surface area contributed by atoms with Gasteiger partial charge in [0.15, 0.2) is 0 Å². The molecule has 0 aromatic carbocycles. The van der Waals surface area contributed by atoms with Gasteiger partial charge < -0.3 is 10.3 Å². The van der Waals surface area contributed by atoms with Crippen LogP contribution in [0.3, 0.4) is 0 Å². The molecule has 1 aliphatic heterocycles. The molecule has 1 aliphatic carbocycles. The number of pyridine rings is 2. The molecule has 0 bridgehead atoms. The van der Waals surface area contributed by atoms with Gasteiger partial charge in [-0.15, -0.1) is 0 Å². The van der Waals surface area contributed by atoms with Crippen LogP contribution in [0.25, 0.3) is 22.0 Å². The largest absolute Gasteiger partial charge is 0.369 e. The topological polar surface area (TPSA) is 53.6 Å². The van der Waals surface area contributed by atoms with Crippen molar-refractivity contribution in [2.45, 2.75) is 18.3 Å². The SMILES string of the molecule is c1cc2c(-c3cnc4c(c3)C3(CC3)CN4)c[nH]c2cn1. The maximum Gasteiger partial charge on any atom is 0.129 e. The Bertz CT molecular complexity index is 829. The Morgan fingerprint density at radius 1 is 1.20 bits per heavy atom. The lowest BCUT2D eigenvalue weighted by Gasteiger charge is -2.07. The first-order chi connectivity index (χ1) is 9.86. The average Bonchev–Trinajstić information content (AvgIpc) is 3.01. The van der Waals surface area contributed by atoms with Gasteiger partial charge in [0.1, 0.15) is 5.82 Å². The first-order valence-electron chi connectivity index (χ1n) is 7.02. The minimum atomic E-state index is 0.381. The van der Waals surface area contributed by atoms with E-state index in [4.69, 9.17) is 0 Å². The second-order valence-electron chi connectivity index (χ2n) is 5.88. The average molecular weight is 262 g/mol. The van der Waals surface area contributed by atoms with Crippen molar-refractivity contribution in [1.82, 2.24) is 15.0 Å². The van der Waals surface area contributed by atoms with Crippen LogP contribution in [0.4, 0.5) is 5.82 Å². The molecule has 2 aliphatic rings. The molecule has 3 aromatic rings. The lowest BCUT2D eigenvalue weighted by molar-refractivity contribution is 0.778. The summed E-state index contributed by atoms with van der Waals surface area (Å²) in [5, 5.41) is 4.64. The summed E-state index contributed by atoms with van der Waals surface area (Å²) in [6.45, 7) is 1.05. The lowest BCUT2D eigenvalue weighted by atomic mass is 9.97. The Morgan fingerprint density at radius 3 is 3.05 bits per heavy atom. The maximum absolute atomic E-state index is 4.62. The first-order valence-corrected chi connectivity index (χ1v) is 7.02. The van der Waals surface area contributed by atoms with Crippen LogP contribution in [0.5, 0.6) is 0 Å². The van der Waals surface area contributed by atoms with Crippen LogP contribution < -0.4 is 5.32 Å². The van der Waals surface area contributed by atoms with Crippen molar-refractivity contribution >= 4 is 16.7 Å². The van der Waals surface area contributed by atoms with E-state index in [0.717, 1.165) is 17.9 Å². The van der Waals surface area contributed by atoms with Gasteiger partial charge >= 0.3 is 0 Å². The van der Waals surface area contributed by atoms with Crippen LogP contribution in [-0.2, 0) is 5.41 Å². The van der Waals surface area contributed by atoms with E-state index < -0.39 is 0 Å². The van der Waals surface area contributed by atoms with Crippen molar-refractivity contribution in [3.05, 3.63) is 42.5 Å². The van der Waals surface area contributed by atoms with E-state index in [0.29, 0.717) is 5.41 Å². The summed E-state index contributed by atoms with van der Waals surface area (Å²) in [5.41, 5.74) is 5.25. The molecule has 20 heavy (non-hydrogen) atoms. The lowest BCUT2D eigenvalue weighted by Crippen LogP contribution is -2.08. The van der Waals surface area contributed by atoms with E-state index in [-0.39, 0.29) is 0 Å². The molecule has 0 unspecified atom stereocenters. The molecule has 1 saturated carbocycles. The monoisotopic (exact) mass is 262 g/mol. The summed E-state index contributed by atoms with van der Waals surface area (Å²) in [6, 6.07) is 4.37. The fraction of sp³-hybridized carbons (Fsp3) is 0.250. The van der Waals surface area contributed by atoms with Crippen LogP contribution in [0, 0.1) is 0 Å². The van der Waals surface area contributed by atoms with Gasteiger partial charge in [-0.05, 0) is 25.0 Å². The minimum Gasteiger partial charge on any atom is -0.369 e. The minimum absolute atomic E-state index is 0.381. The highest BCUT2D eigenvalue weighted by Crippen LogP contribution is 2.54. The molecule has 0 saturated heterocycles. The smallest absolute Gasteiger partial charge is 0.129 e. The second-order valence-corrected chi connectivity index (χ2v) is 5.88. The number of anilines is 1. The van der Waals surface area contributed by atoms with Crippen molar-refractivity contribution in [2.24, 2.45) is 0 Å². The molecule has 4 nitrogen and oxygen atoms in total. The summed E-state index contributed by atoms with van der Waals surface area (Å²) in [5.74, 6) is 1.08. The zero-order chi connectivity index (χ0) is 13.2. The summed E-state index contributed by atoms with van der Waals surface area (Å²) < 4.78 is 0. The van der Waals surface area contributed by atoms with E-state index >= 15 is 0 Å². The van der Waals surface area contributed by atoms with E-state index in [1.54, 1.807) is 0 Å². The normalized spacial score (nSPS) is 18.2. The molecule has 0 atom stereocenters. The highest BCUT2D eigenvalue weighted by Gasteiger charge is 2.49. The molecule has 1 spiro atoms.